The Hall–Kier alpha value is -3.42. The number of anilines is 1. The summed E-state index contributed by atoms with van der Waals surface area (Å²) in [5, 5.41) is 23.5. The van der Waals surface area contributed by atoms with Crippen LogP contribution in [0.1, 0.15) is 35.9 Å². The summed E-state index contributed by atoms with van der Waals surface area (Å²) < 4.78 is 43.5. The second kappa shape index (κ2) is 8.50. The van der Waals surface area contributed by atoms with Gasteiger partial charge in [0.1, 0.15) is 29.0 Å². The number of aliphatic hydroxyl groups excluding tert-OH is 1. The minimum atomic E-state index is -2.99. The van der Waals surface area contributed by atoms with Gasteiger partial charge in [-0.05, 0) is 31.6 Å². The standard InChI is InChI=1S/C22H18ClF3N6O/c1-4-28-16-6-12(23)5-15(24)18(16)10(2)17-11(3)29-21-14(7-27)19(20(25)26)30-32(21)22(17)31-8-13(33)9-31/h4-6,13,20,33H,1,8-9H2,2-3H3/b18-10+,28-16?. The van der Waals surface area contributed by atoms with E-state index in [0.29, 0.717) is 22.6 Å². The van der Waals surface area contributed by atoms with Gasteiger partial charge in [0.2, 0.25) is 0 Å². The van der Waals surface area contributed by atoms with Gasteiger partial charge in [-0.15, -0.1) is 0 Å². The summed E-state index contributed by atoms with van der Waals surface area (Å²) in [5.41, 5.74) is 0.491. The number of aliphatic hydroxyl groups is 1. The number of aryl methyl sites for hydroxylation is 1. The maximum atomic E-state index is 15.1. The first-order valence-corrected chi connectivity index (χ1v) is 10.2. The van der Waals surface area contributed by atoms with Gasteiger partial charge in [0.25, 0.3) is 6.43 Å². The van der Waals surface area contributed by atoms with Crippen LogP contribution in [0.5, 0.6) is 0 Å². The highest BCUT2D eigenvalue weighted by atomic mass is 35.5. The Morgan fingerprint density at radius 3 is 2.70 bits per heavy atom. The van der Waals surface area contributed by atoms with Crippen LogP contribution in [0, 0.1) is 18.3 Å². The zero-order chi connectivity index (χ0) is 24.0. The van der Waals surface area contributed by atoms with Crippen LogP contribution in [0.3, 0.4) is 0 Å². The molecule has 0 radical (unpaired) electrons. The highest BCUT2D eigenvalue weighted by Crippen LogP contribution is 2.39. The number of hydrogen-bond acceptors (Lipinski definition) is 6. The van der Waals surface area contributed by atoms with Gasteiger partial charge in [0.05, 0.1) is 17.5 Å². The molecule has 0 atom stereocenters. The summed E-state index contributed by atoms with van der Waals surface area (Å²) in [6, 6.07) is 1.76. The van der Waals surface area contributed by atoms with Crippen LogP contribution in [0.2, 0.25) is 0 Å². The fourth-order valence-electron chi connectivity index (χ4n) is 4.03. The number of nitrogens with zero attached hydrogens (tertiary/aromatic N) is 6. The summed E-state index contributed by atoms with van der Waals surface area (Å²) in [6.45, 7) is 7.25. The van der Waals surface area contributed by atoms with Gasteiger partial charge in [0.15, 0.2) is 5.65 Å². The third-order valence-corrected chi connectivity index (χ3v) is 5.66. The first kappa shape index (κ1) is 22.8. The molecule has 0 aromatic carbocycles. The van der Waals surface area contributed by atoms with E-state index in [4.69, 9.17) is 11.6 Å². The molecule has 1 aliphatic carbocycles. The van der Waals surface area contributed by atoms with Crippen molar-refractivity contribution in [2.45, 2.75) is 26.4 Å². The second-order valence-corrected chi connectivity index (χ2v) is 8.02. The van der Waals surface area contributed by atoms with Crippen LogP contribution >= 0.6 is 11.6 Å². The Morgan fingerprint density at radius 1 is 1.42 bits per heavy atom. The molecule has 3 heterocycles. The molecule has 7 nitrogen and oxygen atoms in total. The molecule has 0 spiro atoms. The van der Waals surface area contributed by atoms with Crippen molar-refractivity contribution in [2.24, 2.45) is 4.99 Å². The lowest BCUT2D eigenvalue weighted by atomic mass is 9.92. The van der Waals surface area contributed by atoms with E-state index in [1.807, 2.05) is 0 Å². The maximum absolute atomic E-state index is 15.1. The van der Waals surface area contributed by atoms with Crippen LogP contribution in [0.25, 0.3) is 11.2 Å². The number of hydrogen-bond donors (Lipinski definition) is 1. The van der Waals surface area contributed by atoms with Gasteiger partial charge in [-0.1, -0.05) is 18.2 Å². The van der Waals surface area contributed by atoms with E-state index in [0.717, 1.165) is 10.6 Å². The Bertz CT molecular complexity index is 1340. The second-order valence-electron chi connectivity index (χ2n) is 7.58. The van der Waals surface area contributed by atoms with Crippen molar-refractivity contribution >= 4 is 34.4 Å². The predicted octanol–water partition coefficient (Wildman–Crippen LogP) is 4.38. The number of halogens is 4. The largest absolute Gasteiger partial charge is 0.389 e. The molecule has 2 aromatic rings. The van der Waals surface area contributed by atoms with Crippen LogP contribution in [-0.4, -0.2) is 44.6 Å². The third kappa shape index (κ3) is 3.73. The number of alkyl halides is 2. The van der Waals surface area contributed by atoms with Crippen molar-refractivity contribution in [1.29, 1.82) is 5.26 Å². The number of β-amino-alcohol motifs (C(OH)–C–C–N with tert-alkyl or cyclic N) is 1. The average Bonchev–Trinajstić information content (AvgIpc) is 3.08. The molecule has 0 amide bonds. The van der Waals surface area contributed by atoms with E-state index in [1.165, 1.54) is 12.3 Å². The van der Waals surface area contributed by atoms with Gasteiger partial charge >= 0.3 is 0 Å². The lowest BCUT2D eigenvalue weighted by molar-refractivity contribution is 0.139. The molecule has 1 aliphatic heterocycles. The Kier molecular flexibility index (Phi) is 5.86. The minimum absolute atomic E-state index is 0.0363. The van der Waals surface area contributed by atoms with Gasteiger partial charge in [-0.3, -0.25) is 4.99 Å². The molecular weight excluding hydrogens is 457 g/mol. The highest BCUT2D eigenvalue weighted by molar-refractivity contribution is 6.35. The SMILES string of the molecule is C=CN=C1C=C(Cl)C=C(F)/C1=C(/C)c1c(C)nc2c(C#N)c(C(F)F)nn2c1N1CC(O)C1. The monoisotopic (exact) mass is 474 g/mol. The zero-order valence-electron chi connectivity index (χ0n) is 17.7. The first-order chi connectivity index (χ1) is 15.7. The molecule has 2 aromatic heterocycles. The van der Waals surface area contributed by atoms with Crippen LogP contribution in [-0.2, 0) is 0 Å². The summed E-state index contributed by atoms with van der Waals surface area (Å²) >= 11 is 6.01. The summed E-state index contributed by atoms with van der Waals surface area (Å²) in [7, 11) is 0. The van der Waals surface area contributed by atoms with Gasteiger partial charge in [0, 0.05) is 35.5 Å². The molecule has 2 aliphatic rings. The lowest BCUT2D eigenvalue weighted by Gasteiger charge is -2.39. The molecule has 4 rings (SSSR count). The van der Waals surface area contributed by atoms with E-state index in [9.17, 15) is 19.1 Å². The Balaban J connectivity index is 2.09. The van der Waals surface area contributed by atoms with Crippen LogP contribution in [0.15, 0.2) is 46.4 Å². The number of rotatable bonds is 4. The number of nitriles is 1. The first-order valence-electron chi connectivity index (χ1n) is 9.87. The molecule has 33 heavy (non-hydrogen) atoms. The topological polar surface area (TPSA) is 89.8 Å². The van der Waals surface area contributed by atoms with Gasteiger partial charge in [-0.2, -0.15) is 14.9 Å². The van der Waals surface area contributed by atoms with E-state index < -0.39 is 24.1 Å². The van der Waals surface area contributed by atoms with E-state index >= 15 is 4.39 Å². The average molecular weight is 475 g/mol. The van der Waals surface area contributed by atoms with Crippen molar-refractivity contribution in [3.63, 3.8) is 0 Å². The minimum Gasteiger partial charge on any atom is -0.389 e. The van der Waals surface area contributed by atoms with E-state index in [1.54, 1.807) is 24.8 Å². The summed E-state index contributed by atoms with van der Waals surface area (Å²) in [5.74, 6) is -0.316. The van der Waals surface area contributed by atoms with Crippen molar-refractivity contribution < 1.29 is 18.3 Å². The highest BCUT2D eigenvalue weighted by Gasteiger charge is 2.34. The normalized spacial score (nSPS) is 19.5. The molecule has 1 fully saturated rings. The Morgan fingerprint density at radius 2 is 2.12 bits per heavy atom. The third-order valence-electron chi connectivity index (χ3n) is 5.44. The molecule has 1 saturated heterocycles. The molecule has 11 heteroatoms. The Labute approximate surface area is 192 Å². The number of allylic oxidation sites excluding steroid dienone is 6. The van der Waals surface area contributed by atoms with Crippen molar-refractivity contribution in [3.05, 3.63) is 63.9 Å². The van der Waals surface area contributed by atoms with Crippen molar-refractivity contribution in [3.8, 4) is 6.07 Å². The smallest absolute Gasteiger partial charge is 0.283 e. The molecule has 1 N–H and O–H groups in total. The molecular formula is C22H18ClF3N6O. The fraction of sp³-hybridized carbons (Fsp3) is 0.273. The van der Waals surface area contributed by atoms with Crippen LogP contribution < -0.4 is 4.90 Å². The zero-order valence-corrected chi connectivity index (χ0v) is 18.4. The quantitative estimate of drug-likeness (QED) is 0.710. The molecule has 0 unspecified atom stereocenters. The van der Waals surface area contributed by atoms with Gasteiger partial charge < -0.3 is 10.0 Å². The summed E-state index contributed by atoms with van der Waals surface area (Å²) in [6.07, 6.45) is 0.270. The number of aromatic nitrogens is 3. The molecule has 0 bridgehead atoms. The lowest BCUT2D eigenvalue weighted by Crippen LogP contribution is -2.52. The van der Waals surface area contributed by atoms with Gasteiger partial charge in [-0.25, -0.2) is 18.2 Å². The van der Waals surface area contributed by atoms with Crippen LogP contribution in [0.4, 0.5) is 19.0 Å². The van der Waals surface area contributed by atoms with Crippen molar-refractivity contribution in [1.82, 2.24) is 14.6 Å². The summed E-state index contributed by atoms with van der Waals surface area (Å²) in [4.78, 5) is 10.2. The maximum Gasteiger partial charge on any atom is 0.283 e. The number of aliphatic imine (C=N–C) groups is 1. The fourth-order valence-corrected chi connectivity index (χ4v) is 4.23. The van der Waals surface area contributed by atoms with E-state index in [2.05, 4.69) is 21.7 Å². The number of fused-ring (bicyclic) bond motifs is 1. The van der Waals surface area contributed by atoms with Crippen molar-refractivity contribution in [2.75, 3.05) is 18.0 Å². The van der Waals surface area contributed by atoms with E-state index in [-0.39, 0.29) is 40.6 Å². The molecule has 0 saturated carbocycles. The molecule has 170 valence electrons. The predicted molar refractivity (Wildman–Crippen MR) is 119 cm³/mol.